The number of alkyl halides is 1. The Bertz CT molecular complexity index is 3190. The summed E-state index contributed by atoms with van der Waals surface area (Å²) in [5.41, 5.74) is 3.71. The Morgan fingerprint density at radius 2 is 1.57 bits per heavy atom. The number of carbonyl (C=O) groups is 7. The minimum Gasteiger partial charge on any atom is -0.507 e. The molecule has 7 N–H and O–H groups in total. The van der Waals surface area contributed by atoms with Gasteiger partial charge in [0.2, 0.25) is 11.8 Å². The number of aliphatic hydroxyl groups excluding tert-OH is 1. The van der Waals surface area contributed by atoms with E-state index in [1.54, 1.807) is 58.6 Å². The molecule has 21 nitrogen and oxygen atoms in total. The van der Waals surface area contributed by atoms with E-state index in [1.165, 1.54) is 39.3 Å². The van der Waals surface area contributed by atoms with Crippen molar-refractivity contribution in [3.05, 3.63) is 99.8 Å². The number of halogens is 1. The minimum atomic E-state index is -2.00. The van der Waals surface area contributed by atoms with Gasteiger partial charge in [-0.25, -0.2) is 9.37 Å². The fraction of sp³-hybridized carbons (Fsp3) is 0.483. The number of amides is 7. The molecule has 3 aromatic carbocycles. The molecule has 8 rings (SSSR count). The largest absolute Gasteiger partial charge is 0.507 e. The third-order valence-electron chi connectivity index (χ3n) is 15.0. The van der Waals surface area contributed by atoms with Gasteiger partial charge in [0, 0.05) is 63.9 Å². The first-order valence-electron chi connectivity index (χ1n) is 28.1. The maximum atomic E-state index is 14.7. The quantitative estimate of drug-likeness (QED) is 0.0302. The van der Waals surface area contributed by atoms with Crippen LogP contribution in [-0.2, 0) is 36.9 Å². The van der Waals surface area contributed by atoms with E-state index in [-0.39, 0.29) is 92.1 Å². The second kappa shape index (κ2) is 27.0. The number of nitrogens with zero attached hydrogens (tertiary/aromatic N) is 4. The zero-order chi connectivity index (χ0) is 59.6. The Morgan fingerprint density at radius 1 is 0.880 bits per heavy atom. The number of hydrogen-bond donors (Lipinski definition) is 7. The monoisotopic (exact) mass is 1160 g/mol. The number of thiazole rings is 1. The summed E-state index contributed by atoms with van der Waals surface area (Å²) in [6.07, 6.45) is 5.81. The van der Waals surface area contributed by atoms with Crippen LogP contribution in [-0.4, -0.2) is 142 Å². The Morgan fingerprint density at radius 3 is 2.22 bits per heavy atom. The van der Waals surface area contributed by atoms with E-state index >= 15 is 0 Å². The van der Waals surface area contributed by atoms with E-state index in [0.29, 0.717) is 42.1 Å². The van der Waals surface area contributed by atoms with Gasteiger partial charge in [0.1, 0.15) is 29.3 Å². The molecule has 1 saturated carbocycles. The maximum Gasteiger partial charge on any atom is 0.273 e. The van der Waals surface area contributed by atoms with Gasteiger partial charge in [0.15, 0.2) is 30.3 Å². The predicted molar refractivity (Wildman–Crippen MR) is 306 cm³/mol. The highest BCUT2D eigenvalue weighted by Crippen LogP contribution is 2.41. The second-order valence-electron chi connectivity index (χ2n) is 22.8. The Kier molecular flexibility index (Phi) is 19.9. The minimum absolute atomic E-state index is 0.0218. The van der Waals surface area contributed by atoms with Gasteiger partial charge in [-0.05, 0) is 97.9 Å². The molecule has 3 heterocycles. The van der Waals surface area contributed by atoms with Crippen molar-refractivity contribution in [2.24, 2.45) is 5.41 Å². The second-order valence-corrected chi connectivity index (χ2v) is 23.6. The van der Waals surface area contributed by atoms with Gasteiger partial charge >= 0.3 is 0 Å². The van der Waals surface area contributed by atoms with Gasteiger partial charge in [-0.2, -0.15) is 0 Å². The smallest absolute Gasteiger partial charge is 0.273 e. The molecule has 1 saturated heterocycles. The number of β-amino-alcohol motifs (C(OH)–C–C–N with tert-alkyl or cyclic N) is 1. The van der Waals surface area contributed by atoms with Crippen LogP contribution in [0.4, 0.5) is 4.39 Å². The topological polar surface area (TPSA) is 284 Å². The number of phenolic OH excluding ortho intramolecular Hbond substituents is 1. The predicted octanol–water partition coefficient (Wildman–Crippen LogP) is 6.24. The average molecular weight is 1160 g/mol. The first-order valence-corrected chi connectivity index (χ1v) is 29.0. The van der Waals surface area contributed by atoms with E-state index in [4.69, 9.17) is 14.0 Å². The molecule has 2 aliphatic carbocycles. The van der Waals surface area contributed by atoms with Crippen molar-refractivity contribution in [3.8, 4) is 39.0 Å². The molecule has 1 unspecified atom stereocenters. The van der Waals surface area contributed by atoms with Crippen molar-refractivity contribution < 1.29 is 62.2 Å². The molecule has 1 aliphatic heterocycles. The average Bonchev–Trinajstić information content (AvgIpc) is 4.19. The number of unbranched alkanes of at least 4 members (excludes halogenated alkanes) is 5. The molecule has 0 bridgehead atoms. The van der Waals surface area contributed by atoms with E-state index in [1.807, 2.05) is 31.2 Å². The SMILES string of the molecule is Cc1ncsc1-c1ccc(CNC(=O)[C@@H]2C[C@@H](O)CN2C(=O)C(NC(=O)C2(F)CC2)C(C)(C)C)c(OCC(=O)NCCCCCCCCNC(=O)COc2ccc3c(c2)[C@H](NC(=O)c2cc(-c4ccc(C(=O)N(C)C)c(O)c4)on2)CC3)c1. The number of benzene rings is 3. The van der Waals surface area contributed by atoms with E-state index in [2.05, 4.69) is 36.7 Å². The van der Waals surface area contributed by atoms with Crippen molar-refractivity contribution in [3.63, 3.8) is 0 Å². The number of nitrogens with one attached hydrogen (secondary N) is 5. The number of rotatable bonds is 26. The Labute approximate surface area is 485 Å². The molecule has 4 atom stereocenters. The van der Waals surface area contributed by atoms with Crippen LogP contribution < -0.4 is 36.1 Å². The number of ether oxygens (including phenoxy) is 2. The van der Waals surface area contributed by atoms with Gasteiger partial charge in [0.25, 0.3) is 29.5 Å². The van der Waals surface area contributed by atoms with Gasteiger partial charge in [-0.1, -0.05) is 75.9 Å². The summed E-state index contributed by atoms with van der Waals surface area (Å²) in [6, 6.07) is 14.5. The standard InChI is InChI=1S/C60H74FN9O12S/c1-35-52(83-34-65-35)38-13-14-39(30-64-55(76)46-27-40(71)31-70(46)57(78)53(59(2,3)4)67-58(79)60(61)21-22-60)48(26-38)81-33-51(74)63-24-12-10-8-7-9-11-23-62-50(73)32-80-41-18-15-36-17-20-44(43(36)28-41)66-54(75)45-29-49(82-68-45)37-16-19-42(47(72)25-37)56(77)69(5)6/h13-16,18-19,25-26,28-29,34,40,44,46,53,71-72H,7-12,17,20-24,27,30-33H2,1-6H3,(H,62,73)(H,63,74)(H,64,76)(H,66,75)(H,67,79)/t40-,44-,46+,53?/m1/s1. The lowest BCUT2D eigenvalue weighted by Crippen LogP contribution is -2.59. The lowest BCUT2D eigenvalue weighted by Gasteiger charge is -2.35. The highest BCUT2D eigenvalue weighted by atomic mass is 32.1. The van der Waals surface area contributed by atoms with Crippen molar-refractivity contribution in [2.75, 3.05) is 46.9 Å². The normalized spacial score (nSPS) is 17.2. The molecule has 7 amide bonds. The maximum absolute atomic E-state index is 14.7. The number of aromatic nitrogens is 2. The highest BCUT2D eigenvalue weighted by Gasteiger charge is 2.53. The lowest BCUT2D eigenvalue weighted by atomic mass is 9.85. The van der Waals surface area contributed by atoms with Crippen LogP contribution in [0.3, 0.4) is 0 Å². The first kappa shape index (κ1) is 61.2. The van der Waals surface area contributed by atoms with Crippen molar-refractivity contribution >= 4 is 52.7 Å². The van der Waals surface area contributed by atoms with Gasteiger partial charge in [-0.3, -0.25) is 33.6 Å². The van der Waals surface area contributed by atoms with Crippen molar-refractivity contribution in [1.29, 1.82) is 0 Å². The zero-order valence-corrected chi connectivity index (χ0v) is 48.5. The fourth-order valence-electron chi connectivity index (χ4n) is 10.1. The summed E-state index contributed by atoms with van der Waals surface area (Å²) >= 11 is 1.46. The van der Waals surface area contributed by atoms with Crippen LogP contribution in [0.15, 0.2) is 70.7 Å². The summed E-state index contributed by atoms with van der Waals surface area (Å²) in [5, 5.41) is 39.3. The fourth-order valence-corrected chi connectivity index (χ4v) is 10.9. The number of aliphatic hydroxyl groups is 1. The van der Waals surface area contributed by atoms with Gasteiger partial charge in [-0.15, -0.1) is 11.3 Å². The van der Waals surface area contributed by atoms with Crippen LogP contribution in [0, 0.1) is 12.3 Å². The molecule has 83 heavy (non-hydrogen) atoms. The molecule has 3 aliphatic rings. The molecular weight excluding hydrogens is 1090 g/mol. The van der Waals surface area contributed by atoms with E-state index in [9.17, 15) is 48.2 Å². The number of hydrogen-bond acceptors (Lipinski definition) is 15. The number of aromatic hydroxyl groups is 1. The van der Waals surface area contributed by atoms with Crippen LogP contribution in [0.2, 0.25) is 0 Å². The number of carbonyl (C=O) groups excluding carboxylic acids is 7. The summed E-state index contributed by atoms with van der Waals surface area (Å²) in [7, 11) is 3.17. The first-order chi connectivity index (χ1) is 39.6. The third kappa shape index (κ3) is 15.8. The molecule has 2 fully saturated rings. The molecule has 23 heteroatoms. The van der Waals surface area contributed by atoms with Gasteiger partial charge < -0.3 is 60.6 Å². The number of likely N-dealkylation sites (tertiary alicyclic amines) is 1. The summed E-state index contributed by atoms with van der Waals surface area (Å²) in [4.78, 5) is 99.6. The molecule has 0 radical (unpaired) electrons. The molecule has 5 aromatic rings. The number of phenols is 1. The number of aryl methyl sites for hydroxylation is 2. The summed E-state index contributed by atoms with van der Waals surface area (Å²) in [5.74, 6) is -2.44. The third-order valence-corrected chi connectivity index (χ3v) is 16.0. The van der Waals surface area contributed by atoms with Crippen LogP contribution in [0.5, 0.6) is 17.2 Å². The Balaban J connectivity index is 0.713. The van der Waals surface area contributed by atoms with E-state index < -0.39 is 52.9 Å². The van der Waals surface area contributed by atoms with Crippen LogP contribution >= 0.6 is 11.3 Å². The number of fused-ring (bicyclic) bond motifs is 1. The van der Waals surface area contributed by atoms with Crippen molar-refractivity contribution in [2.45, 2.75) is 135 Å². The summed E-state index contributed by atoms with van der Waals surface area (Å²) in [6.45, 7) is 7.45. The molecular formula is C60H74FN9O12S. The Hall–Kier alpha value is -7.92. The molecule has 2 aromatic heterocycles. The lowest BCUT2D eigenvalue weighted by molar-refractivity contribution is -0.145. The highest BCUT2D eigenvalue weighted by molar-refractivity contribution is 7.13. The molecule has 0 spiro atoms. The van der Waals surface area contributed by atoms with Crippen molar-refractivity contribution in [1.82, 2.24) is 46.5 Å². The van der Waals surface area contributed by atoms with Crippen LogP contribution in [0.25, 0.3) is 21.8 Å². The van der Waals surface area contributed by atoms with Gasteiger partial charge in [0.05, 0.1) is 33.8 Å². The van der Waals surface area contributed by atoms with Crippen LogP contribution in [0.1, 0.15) is 134 Å². The zero-order valence-electron chi connectivity index (χ0n) is 47.7. The van der Waals surface area contributed by atoms with E-state index in [0.717, 1.165) is 72.2 Å². The molecule has 444 valence electrons. The summed E-state index contributed by atoms with van der Waals surface area (Å²) < 4.78 is 32.0.